The molecule has 1 N–H and O–H groups in total. The fraction of sp³-hybridized carbons (Fsp3) is 0.111. The van der Waals surface area contributed by atoms with E-state index in [2.05, 4.69) is 22.4 Å². The van der Waals surface area contributed by atoms with Gasteiger partial charge in [-0.25, -0.2) is 0 Å². The largest absolute Gasteiger partial charge is 0.318 e. The first kappa shape index (κ1) is 14.1. The molecular weight excluding hydrogens is 272 g/mol. The lowest BCUT2D eigenvalue weighted by molar-refractivity contribution is 0.658. The van der Waals surface area contributed by atoms with Gasteiger partial charge in [-0.2, -0.15) is 5.26 Å². The maximum atomic E-state index is 9.25. The second kappa shape index (κ2) is 6.70. The van der Waals surface area contributed by atoms with E-state index >= 15 is 0 Å². The molecular formula is C18H16N4. The number of hydrogen-bond donors (Lipinski definition) is 1. The van der Waals surface area contributed by atoms with Crippen LogP contribution in [0.15, 0.2) is 67.0 Å². The summed E-state index contributed by atoms with van der Waals surface area (Å²) < 4.78 is 2.05. The molecule has 3 aromatic rings. The lowest BCUT2D eigenvalue weighted by Gasteiger charge is -2.11. The molecule has 2 heterocycles. The molecule has 0 bridgehead atoms. The Morgan fingerprint density at radius 2 is 1.86 bits per heavy atom. The third-order valence-electron chi connectivity index (χ3n) is 3.46. The Bertz CT molecular complexity index is 784. The summed E-state index contributed by atoms with van der Waals surface area (Å²) in [7, 11) is 0. The van der Waals surface area contributed by atoms with Crippen LogP contribution in [0.1, 0.15) is 17.0 Å². The zero-order chi connectivity index (χ0) is 15.2. The Balaban J connectivity index is 1.74. The van der Waals surface area contributed by atoms with Crippen molar-refractivity contribution < 1.29 is 0 Å². The number of nitrogens with one attached hydrogen (secondary N) is 1. The van der Waals surface area contributed by atoms with E-state index in [1.165, 1.54) is 0 Å². The lowest BCUT2D eigenvalue weighted by atomic mass is 10.2. The van der Waals surface area contributed by atoms with Crippen molar-refractivity contribution in [3.8, 4) is 11.8 Å². The van der Waals surface area contributed by atoms with Crippen LogP contribution in [0.4, 0.5) is 0 Å². The van der Waals surface area contributed by atoms with E-state index in [0.717, 1.165) is 17.1 Å². The summed E-state index contributed by atoms with van der Waals surface area (Å²) in [4.78, 5) is 4.29. The maximum absolute atomic E-state index is 9.25. The van der Waals surface area contributed by atoms with Crippen LogP contribution in [-0.2, 0) is 13.1 Å². The lowest BCUT2D eigenvalue weighted by Crippen LogP contribution is -2.16. The van der Waals surface area contributed by atoms with Crippen LogP contribution in [0.2, 0.25) is 0 Å². The van der Waals surface area contributed by atoms with E-state index in [1.807, 2.05) is 59.3 Å². The van der Waals surface area contributed by atoms with E-state index in [-0.39, 0.29) is 0 Å². The number of pyridine rings is 1. The highest BCUT2D eigenvalue weighted by atomic mass is 15.0. The number of aromatic nitrogens is 2. The second-order valence-electron chi connectivity index (χ2n) is 4.92. The van der Waals surface area contributed by atoms with Crippen molar-refractivity contribution in [1.29, 1.82) is 5.26 Å². The number of nitriles is 1. The number of benzene rings is 1. The predicted octanol–water partition coefficient (Wildman–Crippen LogP) is 3.03. The fourth-order valence-corrected chi connectivity index (χ4v) is 2.39. The molecule has 0 aliphatic rings. The molecule has 0 unspecified atom stereocenters. The van der Waals surface area contributed by atoms with Crippen LogP contribution in [-0.4, -0.2) is 9.55 Å². The van der Waals surface area contributed by atoms with Gasteiger partial charge in [-0.1, -0.05) is 18.2 Å². The minimum absolute atomic E-state index is 0.671. The maximum Gasteiger partial charge on any atom is 0.101 e. The van der Waals surface area contributed by atoms with E-state index in [0.29, 0.717) is 18.7 Å². The molecule has 0 amide bonds. The van der Waals surface area contributed by atoms with E-state index < -0.39 is 0 Å². The molecule has 22 heavy (non-hydrogen) atoms. The van der Waals surface area contributed by atoms with Gasteiger partial charge in [0.15, 0.2) is 0 Å². The SMILES string of the molecule is N#Cc1ccccc1-n1cccc1CNCc1ccccn1. The third-order valence-corrected chi connectivity index (χ3v) is 3.46. The second-order valence-corrected chi connectivity index (χ2v) is 4.92. The Morgan fingerprint density at radius 1 is 1.00 bits per heavy atom. The average molecular weight is 288 g/mol. The van der Waals surface area contributed by atoms with Crippen LogP contribution in [0, 0.1) is 11.3 Å². The molecule has 4 nitrogen and oxygen atoms in total. The van der Waals surface area contributed by atoms with Crippen LogP contribution >= 0.6 is 0 Å². The van der Waals surface area contributed by atoms with Gasteiger partial charge < -0.3 is 9.88 Å². The minimum atomic E-state index is 0.671. The number of rotatable bonds is 5. The Hall–Kier alpha value is -2.90. The van der Waals surface area contributed by atoms with Gasteiger partial charge in [-0.15, -0.1) is 0 Å². The number of nitrogens with zero attached hydrogens (tertiary/aromatic N) is 3. The van der Waals surface area contributed by atoms with Gasteiger partial charge in [0.05, 0.1) is 16.9 Å². The molecule has 0 fully saturated rings. The first-order valence-corrected chi connectivity index (χ1v) is 7.15. The summed E-state index contributed by atoms with van der Waals surface area (Å²) in [5.41, 5.74) is 3.70. The van der Waals surface area contributed by atoms with E-state index in [4.69, 9.17) is 0 Å². The molecule has 108 valence electrons. The van der Waals surface area contributed by atoms with Gasteiger partial charge in [0.1, 0.15) is 6.07 Å². The fourth-order valence-electron chi connectivity index (χ4n) is 2.39. The van der Waals surface area contributed by atoms with Crippen LogP contribution in [0.25, 0.3) is 5.69 Å². The van der Waals surface area contributed by atoms with Crippen molar-refractivity contribution in [2.45, 2.75) is 13.1 Å². The highest BCUT2D eigenvalue weighted by molar-refractivity contribution is 5.49. The van der Waals surface area contributed by atoms with Crippen molar-refractivity contribution in [2.75, 3.05) is 0 Å². The summed E-state index contributed by atoms with van der Waals surface area (Å²) >= 11 is 0. The zero-order valence-corrected chi connectivity index (χ0v) is 12.1. The van der Waals surface area contributed by atoms with Gasteiger partial charge in [0.25, 0.3) is 0 Å². The summed E-state index contributed by atoms with van der Waals surface area (Å²) in [5.74, 6) is 0. The predicted molar refractivity (Wildman–Crippen MR) is 85.3 cm³/mol. The van der Waals surface area contributed by atoms with Crippen molar-refractivity contribution >= 4 is 0 Å². The molecule has 3 rings (SSSR count). The van der Waals surface area contributed by atoms with Crippen molar-refractivity contribution in [1.82, 2.24) is 14.9 Å². The molecule has 0 aliphatic heterocycles. The Labute approximate surface area is 129 Å². The molecule has 2 aromatic heterocycles. The minimum Gasteiger partial charge on any atom is -0.318 e. The topological polar surface area (TPSA) is 53.6 Å². The molecule has 1 aromatic carbocycles. The Morgan fingerprint density at radius 3 is 2.68 bits per heavy atom. The molecule has 0 spiro atoms. The molecule has 0 saturated heterocycles. The van der Waals surface area contributed by atoms with Crippen molar-refractivity contribution in [2.24, 2.45) is 0 Å². The first-order valence-electron chi connectivity index (χ1n) is 7.15. The van der Waals surface area contributed by atoms with E-state index in [1.54, 1.807) is 6.20 Å². The number of para-hydroxylation sites is 1. The van der Waals surface area contributed by atoms with Crippen LogP contribution in [0.5, 0.6) is 0 Å². The first-order chi connectivity index (χ1) is 10.9. The summed E-state index contributed by atoms with van der Waals surface area (Å²) in [5, 5.41) is 12.6. The standard InChI is InChI=1S/C18H16N4/c19-12-15-6-1-2-9-18(15)22-11-5-8-17(22)14-20-13-16-7-3-4-10-21-16/h1-11,20H,13-14H2. The highest BCUT2D eigenvalue weighted by Gasteiger charge is 2.07. The van der Waals surface area contributed by atoms with Crippen LogP contribution < -0.4 is 5.32 Å². The van der Waals surface area contributed by atoms with Gasteiger partial charge in [0.2, 0.25) is 0 Å². The summed E-state index contributed by atoms with van der Waals surface area (Å²) in [6.07, 6.45) is 3.77. The summed E-state index contributed by atoms with van der Waals surface area (Å²) in [6.45, 7) is 1.43. The highest BCUT2D eigenvalue weighted by Crippen LogP contribution is 2.17. The van der Waals surface area contributed by atoms with Crippen molar-refractivity contribution in [3.63, 3.8) is 0 Å². The zero-order valence-electron chi connectivity index (χ0n) is 12.1. The van der Waals surface area contributed by atoms with Gasteiger partial charge in [0, 0.05) is 31.2 Å². The van der Waals surface area contributed by atoms with Gasteiger partial charge in [-0.3, -0.25) is 4.98 Å². The van der Waals surface area contributed by atoms with Crippen LogP contribution in [0.3, 0.4) is 0 Å². The average Bonchev–Trinajstić information content (AvgIpc) is 3.04. The normalized spacial score (nSPS) is 10.3. The smallest absolute Gasteiger partial charge is 0.101 e. The van der Waals surface area contributed by atoms with Gasteiger partial charge in [-0.05, 0) is 36.4 Å². The van der Waals surface area contributed by atoms with Crippen molar-refractivity contribution in [3.05, 3.63) is 83.9 Å². The van der Waals surface area contributed by atoms with Gasteiger partial charge >= 0.3 is 0 Å². The Kier molecular flexibility index (Phi) is 4.28. The van der Waals surface area contributed by atoms with E-state index in [9.17, 15) is 5.26 Å². The molecule has 0 radical (unpaired) electrons. The molecule has 0 saturated carbocycles. The molecule has 0 aliphatic carbocycles. The monoisotopic (exact) mass is 288 g/mol. The third kappa shape index (κ3) is 3.05. The molecule has 4 heteroatoms. The number of hydrogen-bond acceptors (Lipinski definition) is 3. The molecule has 0 atom stereocenters. The summed E-state index contributed by atoms with van der Waals surface area (Å²) in [6, 6.07) is 19.8. The quantitative estimate of drug-likeness (QED) is 0.785.